The molecule has 0 amide bonds. The molecule has 1 N–H and O–H groups in total. The van der Waals surface area contributed by atoms with Gasteiger partial charge in [-0.3, -0.25) is 4.79 Å². The third-order valence-electron chi connectivity index (χ3n) is 5.94. The van der Waals surface area contributed by atoms with E-state index in [9.17, 15) is 9.59 Å². The van der Waals surface area contributed by atoms with Gasteiger partial charge in [0.2, 0.25) is 0 Å². The quantitative estimate of drug-likeness (QED) is 0.465. The van der Waals surface area contributed by atoms with Gasteiger partial charge >= 0.3 is 5.97 Å². The van der Waals surface area contributed by atoms with Crippen molar-refractivity contribution in [2.45, 2.75) is 49.7 Å². The van der Waals surface area contributed by atoms with E-state index in [2.05, 4.69) is 30.4 Å². The lowest BCUT2D eigenvalue weighted by Gasteiger charge is -2.36. The van der Waals surface area contributed by atoms with Gasteiger partial charge in [0.25, 0.3) is 0 Å². The van der Waals surface area contributed by atoms with Gasteiger partial charge in [0.1, 0.15) is 0 Å². The second-order valence-corrected chi connectivity index (χ2v) is 10.3. The molecule has 0 saturated heterocycles. The Labute approximate surface area is 191 Å². The minimum absolute atomic E-state index is 0.109. The molecule has 2 heterocycles. The van der Waals surface area contributed by atoms with Crippen LogP contribution in [0.1, 0.15) is 54.5 Å². The maximum Gasteiger partial charge on any atom is 0.336 e. The molecule has 0 fully saturated rings. The Morgan fingerprint density at radius 1 is 1.23 bits per heavy atom. The van der Waals surface area contributed by atoms with Crippen molar-refractivity contribution < 1.29 is 14.3 Å². The Balaban J connectivity index is 1.84. The van der Waals surface area contributed by atoms with Crippen LogP contribution >= 0.6 is 23.1 Å². The molecule has 0 spiro atoms. The number of hydrogen-bond acceptors (Lipinski definition) is 6. The van der Waals surface area contributed by atoms with E-state index >= 15 is 0 Å². The average molecular weight is 454 g/mol. The fourth-order valence-corrected chi connectivity index (χ4v) is 6.58. The lowest BCUT2D eigenvalue weighted by atomic mass is 9.72. The van der Waals surface area contributed by atoms with Crippen LogP contribution in [-0.4, -0.2) is 24.6 Å². The van der Waals surface area contributed by atoms with Gasteiger partial charge in [0.05, 0.1) is 22.3 Å². The molecule has 0 unspecified atom stereocenters. The fraction of sp³-hybridized carbons (Fsp3) is 0.360. The number of rotatable bonds is 5. The molecule has 4 nitrogen and oxygen atoms in total. The molecule has 2 atom stereocenters. The summed E-state index contributed by atoms with van der Waals surface area (Å²) in [4.78, 5) is 27.7. The van der Waals surface area contributed by atoms with Crippen molar-refractivity contribution in [3.05, 3.63) is 74.9 Å². The van der Waals surface area contributed by atoms with Crippen LogP contribution in [0.2, 0.25) is 0 Å². The van der Waals surface area contributed by atoms with Gasteiger partial charge in [0, 0.05) is 28.3 Å². The van der Waals surface area contributed by atoms with Gasteiger partial charge in [-0.05, 0) is 56.6 Å². The zero-order valence-electron chi connectivity index (χ0n) is 18.3. The smallest absolute Gasteiger partial charge is 0.336 e. The molecule has 1 aromatic carbocycles. The first kappa shape index (κ1) is 21.9. The number of aryl methyl sites for hydroxylation is 1. The predicted octanol–water partition coefficient (Wildman–Crippen LogP) is 5.70. The number of thiophene rings is 1. The molecule has 162 valence electrons. The van der Waals surface area contributed by atoms with Crippen molar-refractivity contribution in [1.29, 1.82) is 0 Å². The van der Waals surface area contributed by atoms with Crippen LogP contribution in [-0.2, 0) is 14.3 Å². The number of ketones is 1. The number of Topliss-reactive ketones (excluding diaryl/α,β-unsaturated/α-hetero) is 1. The number of carbonyl (C=O) groups excluding carboxylic acids is 2. The first-order chi connectivity index (χ1) is 14.9. The molecule has 1 aliphatic heterocycles. The van der Waals surface area contributed by atoms with E-state index in [-0.39, 0.29) is 23.6 Å². The number of hydrogen-bond donors (Lipinski definition) is 1. The van der Waals surface area contributed by atoms with Crippen LogP contribution in [0, 0.1) is 6.92 Å². The third kappa shape index (κ3) is 4.11. The highest BCUT2D eigenvalue weighted by Gasteiger charge is 2.42. The number of thioether (sulfide) groups is 1. The summed E-state index contributed by atoms with van der Waals surface area (Å²) >= 11 is 3.37. The molecule has 2 aliphatic rings. The summed E-state index contributed by atoms with van der Waals surface area (Å²) in [5.74, 6) is -0.482. The number of benzene rings is 1. The second-order valence-electron chi connectivity index (χ2n) is 7.95. The van der Waals surface area contributed by atoms with Crippen molar-refractivity contribution in [2.24, 2.45) is 0 Å². The number of carbonyl (C=O) groups is 2. The molecule has 1 aromatic heterocycles. The molecule has 2 aromatic rings. The Hall–Kier alpha value is -2.31. The minimum Gasteiger partial charge on any atom is -0.463 e. The van der Waals surface area contributed by atoms with E-state index in [1.807, 2.05) is 38.3 Å². The highest BCUT2D eigenvalue weighted by atomic mass is 32.2. The Morgan fingerprint density at radius 3 is 2.65 bits per heavy atom. The van der Waals surface area contributed by atoms with Crippen LogP contribution in [0.25, 0.3) is 0 Å². The molecule has 1 aliphatic carbocycles. The minimum atomic E-state index is -0.382. The van der Waals surface area contributed by atoms with Gasteiger partial charge in [-0.15, -0.1) is 23.1 Å². The molecule has 6 heteroatoms. The topological polar surface area (TPSA) is 55.4 Å². The fourth-order valence-electron chi connectivity index (χ4n) is 4.66. The monoisotopic (exact) mass is 453 g/mol. The molecular formula is C25H27NO3S2. The number of esters is 1. The van der Waals surface area contributed by atoms with Gasteiger partial charge < -0.3 is 10.1 Å². The number of allylic oxidation sites excluding steroid dienone is 3. The van der Waals surface area contributed by atoms with Crippen LogP contribution in [0.5, 0.6) is 0 Å². The number of ether oxygens (including phenoxy) is 1. The lowest BCUT2D eigenvalue weighted by Crippen LogP contribution is -2.36. The SMILES string of the molecule is CCOC(=O)C1=C(C)NC2=C(C(=O)C[C@H](c3ccccc3)C2)[C@H]1c1cc(C)sc1SC. The average Bonchev–Trinajstić information content (AvgIpc) is 3.13. The van der Waals surface area contributed by atoms with Crippen molar-refractivity contribution >= 4 is 34.9 Å². The van der Waals surface area contributed by atoms with Crippen LogP contribution in [0.3, 0.4) is 0 Å². The summed E-state index contributed by atoms with van der Waals surface area (Å²) in [5, 5.41) is 3.42. The van der Waals surface area contributed by atoms with Crippen LogP contribution in [0.15, 0.2) is 63.1 Å². The molecular weight excluding hydrogens is 426 g/mol. The number of dihydropyridines is 1. The van der Waals surface area contributed by atoms with E-state index in [0.29, 0.717) is 18.6 Å². The van der Waals surface area contributed by atoms with Crippen LogP contribution in [0.4, 0.5) is 0 Å². The number of nitrogens with one attached hydrogen (secondary N) is 1. The second kappa shape index (κ2) is 9.05. The largest absolute Gasteiger partial charge is 0.463 e. The normalized spacial score (nSPS) is 21.1. The summed E-state index contributed by atoms with van der Waals surface area (Å²) in [6.07, 6.45) is 3.25. The Kier molecular flexibility index (Phi) is 6.39. The Morgan fingerprint density at radius 2 is 1.97 bits per heavy atom. The maximum atomic E-state index is 13.6. The summed E-state index contributed by atoms with van der Waals surface area (Å²) in [5.41, 5.74) is 5.22. The highest BCUT2D eigenvalue weighted by molar-refractivity contribution is 8.00. The van der Waals surface area contributed by atoms with E-state index in [0.717, 1.165) is 33.2 Å². The van der Waals surface area contributed by atoms with Crippen molar-refractivity contribution in [3.63, 3.8) is 0 Å². The van der Waals surface area contributed by atoms with Crippen molar-refractivity contribution in [3.8, 4) is 0 Å². The third-order valence-corrected chi connectivity index (χ3v) is 8.16. The zero-order chi connectivity index (χ0) is 22.1. The van der Waals surface area contributed by atoms with Crippen molar-refractivity contribution in [2.75, 3.05) is 12.9 Å². The summed E-state index contributed by atoms with van der Waals surface area (Å²) in [7, 11) is 0. The van der Waals surface area contributed by atoms with Gasteiger partial charge in [-0.25, -0.2) is 4.79 Å². The summed E-state index contributed by atoms with van der Waals surface area (Å²) in [6, 6.07) is 12.3. The first-order valence-electron chi connectivity index (χ1n) is 10.5. The molecule has 0 saturated carbocycles. The first-order valence-corrected chi connectivity index (χ1v) is 12.6. The molecule has 31 heavy (non-hydrogen) atoms. The highest BCUT2D eigenvalue weighted by Crippen LogP contribution is 2.49. The van der Waals surface area contributed by atoms with Crippen molar-refractivity contribution in [1.82, 2.24) is 5.32 Å². The van der Waals surface area contributed by atoms with Crippen LogP contribution < -0.4 is 5.32 Å². The van der Waals surface area contributed by atoms with E-state index in [1.54, 1.807) is 23.1 Å². The maximum absolute atomic E-state index is 13.6. The predicted molar refractivity (Wildman–Crippen MR) is 126 cm³/mol. The molecule has 0 bridgehead atoms. The summed E-state index contributed by atoms with van der Waals surface area (Å²) in [6.45, 7) is 6.09. The van der Waals surface area contributed by atoms with E-state index in [4.69, 9.17) is 4.74 Å². The molecule has 0 radical (unpaired) electrons. The molecule has 4 rings (SSSR count). The van der Waals surface area contributed by atoms with Gasteiger partial charge in [-0.2, -0.15) is 0 Å². The summed E-state index contributed by atoms with van der Waals surface area (Å²) < 4.78 is 6.56. The van der Waals surface area contributed by atoms with Gasteiger partial charge in [0.15, 0.2) is 5.78 Å². The van der Waals surface area contributed by atoms with E-state index in [1.165, 1.54) is 10.4 Å². The standard InChI is InChI=1S/C25H27NO3S2/c1-5-29-24(28)21-15(3)26-19-12-17(16-9-7-6-8-10-16)13-20(27)23(19)22(21)18-11-14(2)31-25(18)30-4/h6-11,17,22,26H,5,12-13H2,1-4H3/t17-,22+/m1/s1. The lowest BCUT2D eigenvalue weighted by molar-refractivity contribution is -0.138. The zero-order valence-corrected chi connectivity index (χ0v) is 19.9. The van der Waals surface area contributed by atoms with Gasteiger partial charge in [-0.1, -0.05) is 30.3 Å². The Bertz CT molecular complexity index is 1080. The van der Waals surface area contributed by atoms with E-state index < -0.39 is 0 Å².